The molecule has 2 aromatic carbocycles. The summed E-state index contributed by atoms with van der Waals surface area (Å²) in [6.07, 6.45) is 5.91. The molecule has 3 saturated heterocycles. The molecule has 8 nitrogen and oxygen atoms in total. The summed E-state index contributed by atoms with van der Waals surface area (Å²) in [6.45, 7) is 3.85. The molecule has 8 heteroatoms. The third kappa shape index (κ3) is 4.43. The monoisotopic (exact) mass is 531 g/mol. The van der Waals surface area contributed by atoms with E-state index in [0.29, 0.717) is 38.8 Å². The predicted molar refractivity (Wildman–Crippen MR) is 149 cm³/mol. The summed E-state index contributed by atoms with van der Waals surface area (Å²) in [5.41, 5.74) is 3.15. The fraction of sp³-hybridized carbons (Fsp3) is 0.516. The Balaban J connectivity index is 1.33. The number of benzene rings is 2. The first-order chi connectivity index (χ1) is 18.9. The zero-order valence-corrected chi connectivity index (χ0v) is 22.6. The second kappa shape index (κ2) is 10.4. The summed E-state index contributed by atoms with van der Waals surface area (Å²) in [5.74, 6) is 0.0996. The third-order valence-corrected chi connectivity index (χ3v) is 8.90. The van der Waals surface area contributed by atoms with Crippen molar-refractivity contribution in [2.24, 2.45) is 5.92 Å². The van der Waals surface area contributed by atoms with Gasteiger partial charge in [-0.25, -0.2) is 0 Å². The standard InChI is InChI=1S/C31H37N3O5/c1-21-18-25(14-17-35)39-31(21)26-19-24(33-16-5-3-7-29(33)37)12-13-27(26)34(30(31)38)20-22-8-10-23(11-9-22)32-15-4-2-6-28(32)36/h8-13,19,21,25,35H,2-7,14-18,20H2,1H3/t21-,25+,31+/m0/s1. The molecule has 3 atom stereocenters. The minimum atomic E-state index is -1.13. The quantitative estimate of drug-likeness (QED) is 0.601. The Morgan fingerprint density at radius 3 is 2.18 bits per heavy atom. The largest absolute Gasteiger partial charge is 0.396 e. The Morgan fingerprint density at radius 1 is 0.897 bits per heavy atom. The molecule has 3 fully saturated rings. The van der Waals surface area contributed by atoms with E-state index >= 15 is 0 Å². The molecular formula is C31H37N3O5. The molecule has 0 aromatic heterocycles. The lowest BCUT2D eigenvalue weighted by Gasteiger charge is -2.30. The fourth-order valence-corrected chi connectivity index (χ4v) is 6.83. The summed E-state index contributed by atoms with van der Waals surface area (Å²) in [5, 5.41) is 9.58. The van der Waals surface area contributed by atoms with Gasteiger partial charge in [-0.05, 0) is 74.4 Å². The smallest absolute Gasteiger partial charge is 0.264 e. The van der Waals surface area contributed by atoms with Gasteiger partial charge >= 0.3 is 0 Å². The SMILES string of the molecule is C[C@H]1C[C@@H](CCO)O[C@]12C(=O)N(Cc1ccc(N3CCCCC3=O)cc1)c1ccc(N3CCCCC3=O)cc12. The van der Waals surface area contributed by atoms with Gasteiger partial charge in [0.05, 0.1) is 18.3 Å². The van der Waals surface area contributed by atoms with E-state index in [1.807, 2.05) is 59.2 Å². The Labute approximate surface area is 229 Å². The zero-order valence-electron chi connectivity index (χ0n) is 22.6. The second-order valence-electron chi connectivity index (χ2n) is 11.4. The van der Waals surface area contributed by atoms with Crippen LogP contribution in [0.2, 0.25) is 0 Å². The molecule has 4 heterocycles. The van der Waals surface area contributed by atoms with E-state index in [4.69, 9.17) is 4.74 Å². The van der Waals surface area contributed by atoms with Gasteiger partial charge < -0.3 is 24.5 Å². The summed E-state index contributed by atoms with van der Waals surface area (Å²) >= 11 is 0. The number of aliphatic hydroxyl groups excluding tert-OH is 1. The van der Waals surface area contributed by atoms with Gasteiger partial charge in [0.1, 0.15) is 0 Å². The molecule has 0 unspecified atom stereocenters. The summed E-state index contributed by atoms with van der Waals surface area (Å²) in [6, 6.07) is 13.8. The van der Waals surface area contributed by atoms with Crippen molar-refractivity contribution in [2.75, 3.05) is 34.4 Å². The molecule has 2 aromatic rings. The number of hydrogen-bond acceptors (Lipinski definition) is 5. The lowest BCUT2D eigenvalue weighted by atomic mass is 9.82. The molecule has 0 aliphatic carbocycles. The van der Waals surface area contributed by atoms with Gasteiger partial charge in [0.2, 0.25) is 11.8 Å². The van der Waals surface area contributed by atoms with Crippen molar-refractivity contribution in [2.45, 2.75) is 76.5 Å². The normalized spacial score (nSPS) is 27.1. The van der Waals surface area contributed by atoms with Gasteiger partial charge in [-0.3, -0.25) is 14.4 Å². The van der Waals surface area contributed by atoms with Crippen molar-refractivity contribution in [3.05, 3.63) is 53.6 Å². The fourth-order valence-electron chi connectivity index (χ4n) is 6.83. The number of piperidine rings is 2. The van der Waals surface area contributed by atoms with E-state index in [-0.39, 0.29) is 36.4 Å². The molecule has 4 aliphatic rings. The lowest BCUT2D eigenvalue weighted by Crippen LogP contribution is -2.43. The Bertz CT molecular complexity index is 1280. The highest BCUT2D eigenvalue weighted by molar-refractivity contribution is 6.08. The molecule has 3 amide bonds. The van der Waals surface area contributed by atoms with Crippen LogP contribution in [0.4, 0.5) is 17.1 Å². The average Bonchev–Trinajstić information content (AvgIpc) is 3.39. The van der Waals surface area contributed by atoms with Crippen LogP contribution in [0.15, 0.2) is 42.5 Å². The van der Waals surface area contributed by atoms with Crippen molar-refractivity contribution in [1.29, 1.82) is 0 Å². The highest BCUT2D eigenvalue weighted by Gasteiger charge is 2.60. The first kappa shape index (κ1) is 26.0. The summed E-state index contributed by atoms with van der Waals surface area (Å²) in [7, 11) is 0. The van der Waals surface area contributed by atoms with E-state index in [1.54, 1.807) is 4.90 Å². The van der Waals surface area contributed by atoms with E-state index in [0.717, 1.165) is 60.4 Å². The van der Waals surface area contributed by atoms with E-state index in [9.17, 15) is 19.5 Å². The minimum Gasteiger partial charge on any atom is -0.396 e. The number of ether oxygens (including phenoxy) is 1. The number of fused-ring (bicyclic) bond motifs is 2. The van der Waals surface area contributed by atoms with Crippen molar-refractivity contribution in [3.63, 3.8) is 0 Å². The zero-order chi connectivity index (χ0) is 27.1. The second-order valence-corrected chi connectivity index (χ2v) is 11.4. The number of anilines is 3. The molecule has 0 bridgehead atoms. The van der Waals surface area contributed by atoms with Gasteiger partial charge in [-0.2, -0.15) is 0 Å². The minimum absolute atomic E-state index is 0.00637. The van der Waals surface area contributed by atoms with Crippen LogP contribution >= 0.6 is 0 Å². The van der Waals surface area contributed by atoms with Crippen molar-refractivity contribution in [3.8, 4) is 0 Å². The maximum atomic E-state index is 14.3. The number of carbonyl (C=O) groups excluding carboxylic acids is 3. The van der Waals surface area contributed by atoms with Crippen LogP contribution in [0.3, 0.4) is 0 Å². The molecule has 1 N–H and O–H groups in total. The molecule has 4 aliphatic heterocycles. The Morgan fingerprint density at radius 2 is 1.54 bits per heavy atom. The Kier molecular flexibility index (Phi) is 6.93. The van der Waals surface area contributed by atoms with Crippen molar-refractivity contribution in [1.82, 2.24) is 0 Å². The predicted octanol–water partition coefficient (Wildman–Crippen LogP) is 4.27. The van der Waals surface area contributed by atoms with Crippen LogP contribution < -0.4 is 14.7 Å². The molecule has 39 heavy (non-hydrogen) atoms. The number of amides is 3. The number of rotatable bonds is 6. The summed E-state index contributed by atoms with van der Waals surface area (Å²) in [4.78, 5) is 44.8. The first-order valence-corrected chi connectivity index (χ1v) is 14.4. The lowest BCUT2D eigenvalue weighted by molar-refractivity contribution is -0.146. The summed E-state index contributed by atoms with van der Waals surface area (Å²) < 4.78 is 6.55. The number of aliphatic hydroxyl groups is 1. The van der Waals surface area contributed by atoms with Gasteiger partial charge in [0.25, 0.3) is 5.91 Å². The van der Waals surface area contributed by atoms with Crippen LogP contribution in [-0.2, 0) is 31.3 Å². The third-order valence-electron chi connectivity index (χ3n) is 8.90. The van der Waals surface area contributed by atoms with E-state index in [1.165, 1.54) is 0 Å². The van der Waals surface area contributed by atoms with Crippen molar-refractivity contribution >= 4 is 34.8 Å². The molecule has 206 valence electrons. The number of carbonyl (C=O) groups is 3. The Hall–Kier alpha value is -3.23. The van der Waals surface area contributed by atoms with Gasteiger partial charge in [-0.1, -0.05) is 19.1 Å². The number of hydrogen-bond donors (Lipinski definition) is 1. The van der Waals surface area contributed by atoms with Crippen LogP contribution in [-0.4, -0.2) is 48.6 Å². The number of nitrogens with zero attached hydrogens (tertiary/aromatic N) is 3. The van der Waals surface area contributed by atoms with Crippen molar-refractivity contribution < 1.29 is 24.2 Å². The van der Waals surface area contributed by atoms with E-state index in [2.05, 4.69) is 0 Å². The highest BCUT2D eigenvalue weighted by Crippen LogP contribution is 2.54. The molecule has 0 radical (unpaired) electrons. The van der Waals surface area contributed by atoms with Gasteiger partial charge in [-0.15, -0.1) is 0 Å². The van der Waals surface area contributed by atoms with Gasteiger partial charge in [0.15, 0.2) is 5.60 Å². The molecule has 1 spiro atoms. The first-order valence-electron chi connectivity index (χ1n) is 14.4. The highest BCUT2D eigenvalue weighted by atomic mass is 16.5. The van der Waals surface area contributed by atoms with Crippen LogP contribution in [0, 0.1) is 5.92 Å². The van der Waals surface area contributed by atoms with Crippen LogP contribution in [0.1, 0.15) is 69.4 Å². The van der Waals surface area contributed by atoms with Crippen LogP contribution in [0.5, 0.6) is 0 Å². The molecule has 0 saturated carbocycles. The maximum Gasteiger partial charge on any atom is 0.264 e. The van der Waals surface area contributed by atoms with Gasteiger partial charge in [0, 0.05) is 55.4 Å². The topological polar surface area (TPSA) is 90.4 Å². The average molecular weight is 532 g/mol. The van der Waals surface area contributed by atoms with Crippen LogP contribution in [0.25, 0.3) is 0 Å². The molecular weight excluding hydrogens is 494 g/mol. The van der Waals surface area contributed by atoms with E-state index < -0.39 is 5.60 Å². The maximum absolute atomic E-state index is 14.3. The molecule has 6 rings (SSSR count).